The minimum absolute atomic E-state index is 0.00260. The molecule has 0 spiro atoms. The molecule has 0 amide bonds. The largest absolute Gasteiger partial charge is 0.463 e. The fourth-order valence-corrected chi connectivity index (χ4v) is 5.45. The molecule has 1 aromatic rings. The van der Waals surface area contributed by atoms with Crippen LogP contribution in [0.2, 0.25) is 5.28 Å². The molecule has 1 heterocycles. The van der Waals surface area contributed by atoms with Gasteiger partial charge in [-0.15, -0.1) is 4.98 Å². The first-order chi connectivity index (χ1) is 14.5. The van der Waals surface area contributed by atoms with Crippen molar-refractivity contribution >= 4 is 18.7 Å². The lowest BCUT2D eigenvalue weighted by molar-refractivity contribution is -0.0320. The van der Waals surface area contributed by atoms with E-state index in [2.05, 4.69) is 15.0 Å². The van der Waals surface area contributed by atoms with E-state index >= 15 is 0 Å². The van der Waals surface area contributed by atoms with Crippen molar-refractivity contribution in [2.24, 2.45) is 0 Å². The Hall–Kier alpha value is -1.07. The van der Waals surface area contributed by atoms with Crippen LogP contribution in [-0.4, -0.2) is 102 Å². The molecule has 30 heavy (non-hydrogen) atoms. The van der Waals surface area contributed by atoms with Gasteiger partial charge in [-0.3, -0.25) is 0 Å². The Morgan fingerprint density at radius 3 is 1.87 bits per heavy atom. The number of aliphatic hydroxyl groups excluding tert-OH is 3. The van der Waals surface area contributed by atoms with Gasteiger partial charge in [0.15, 0.2) is 0 Å². The molecule has 0 fully saturated rings. The van der Waals surface area contributed by atoms with Crippen molar-refractivity contribution in [1.82, 2.24) is 15.0 Å². The quantitative estimate of drug-likeness (QED) is 0.149. The Balaban J connectivity index is 2.39. The number of aliphatic hydroxyl groups is 3. The van der Waals surface area contributed by atoms with E-state index in [1.807, 2.05) is 0 Å². The molecule has 0 aliphatic rings. The summed E-state index contributed by atoms with van der Waals surface area (Å²) in [6.07, 6.45) is 2.82. The smallest absolute Gasteiger partial charge is 0.324 e. The topological polar surface area (TPSA) is 153 Å². The Morgan fingerprint density at radius 1 is 0.733 bits per heavy atom. The Morgan fingerprint density at radius 2 is 1.27 bits per heavy atom. The first kappa shape index (κ1) is 27.0. The van der Waals surface area contributed by atoms with Gasteiger partial charge in [0.05, 0.1) is 33.6 Å². The lowest BCUT2D eigenvalue weighted by atomic mass is 10.5. The Kier molecular flexibility index (Phi) is 14.9. The van der Waals surface area contributed by atoms with Crippen molar-refractivity contribution in [1.29, 1.82) is 0 Å². The average Bonchev–Trinajstić information content (AvgIpc) is 2.73. The first-order valence-corrected chi connectivity index (χ1v) is 12.4. The maximum Gasteiger partial charge on any atom is 0.324 e. The Labute approximate surface area is 181 Å². The molecule has 174 valence electrons. The third-order valence-electron chi connectivity index (χ3n) is 3.88. The summed E-state index contributed by atoms with van der Waals surface area (Å²) in [6, 6.07) is -0.000385. The normalized spacial score (nSPS) is 11.6. The van der Waals surface area contributed by atoms with Gasteiger partial charge in [-0.2, -0.15) is 9.97 Å². The zero-order valence-electron chi connectivity index (χ0n) is 16.9. The SMILES string of the molecule is O=P(CCCO)(CCCO)CCCOc1nc(Cl)nc(OCCOCCOCO)n1. The zero-order chi connectivity index (χ0) is 22.1. The Bertz CT molecular complexity index is 617. The molecule has 1 rings (SSSR count). The second-order valence-corrected chi connectivity index (χ2v) is 10.0. The summed E-state index contributed by atoms with van der Waals surface area (Å²) in [7, 11) is -2.46. The van der Waals surface area contributed by atoms with E-state index in [0.717, 1.165) is 0 Å². The van der Waals surface area contributed by atoms with Crippen LogP contribution < -0.4 is 9.47 Å². The second-order valence-electron chi connectivity index (χ2n) is 6.25. The molecule has 0 aliphatic carbocycles. The summed E-state index contributed by atoms with van der Waals surface area (Å²) in [5, 5.41) is 26.4. The average molecular weight is 472 g/mol. The summed E-state index contributed by atoms with van der Waals surface area (Å²) >= 11 is 5.86. The van der Waals surface area contributed by atoms with E-state index in [1.54, 1.807) is 0 Å². The van der Waals surface area contributed by atoms with Gasteiger partial charge in [-0.05, 0) is 30.9 Å². The monoisotopic (exact) mass is 471 g/mol. The molecule has 0 unspecified atom stereocenters. The number of halogens is 1. The number of rotatable bonds is 19. The molecule has 13 heteroatoms. The van der Waals surface area contributed by atoms with Crippen LogP contribution in [0.4, 0.5) is 0 Å². The molecular formula is C17H31ClN3O8P. The second kappa shape index (κ2) is 16.6. The molecule has 3 N–H and O–H groups in total. The minimum Gasteiger partial charge on any atom is -0.463 e. The van der Waals surface area contributed by atoms with Gasteiger partial charge in [-0.1, -0.05) is 0 Å². The number of aromatic nitrogens is 3. The van der Waals surface area contributed by atoms with Crippen LogP contribution in [0.25, 0.3) is 0 Å². The van der Waals surface area contributed by atoms with Crippen molar-refractivity contribution in [2.45, 2.75) is 19.3 Å². The van der Waals surface area contributed by atoms with Crippen molar-refractivity contribution in [3.8, 4) is 12.0 Å². The highest BCUT2D eigenvalue weighted by atomic mass is 35.5. The fourth-order valence-electron chi connectivity index (χ4n) is 2.49. The summed E-state index contributed by atoms with van der Waals surface area (Å²) in [6.45, 7) is 0.907. The molecule has 0 radical (unpaired) electrons. The van der Waals surface area contributed by atoms with E-state index in [0.29, 0.717) is 44.4 Å². The molecule has 0 saturated carbocycles. The lowest BCUT2D eigenvalue weighted by Crippen LogP contribution is -2.13. The third kappa shape index (κ3) is 12.6. The highest BCUT2D eigenvalue weighted by molar-refractivity contribution is 7.63. The van der Waals surface area contributed by atoms with Gasteiger partial charge in [0.25, 0.3) is 0 Å². The molecule has 0 bridgehead atoms. The van der Waals surface area contributed by atoms with Gasteiger partial charge in [-0.25, -0.2) is 0 Å². The van der Waals surface area contributed by atoms with Gasteiger partial charge in [0.2, 0.25) is 5.28 Å². The van der Waals surface area contributed by atoms with Crippen molar-refractivity contribution in [3.63, 3.8) is 0 Å². The summed E-state index contributed by atoms with van der Waals surface area (Å²) < 4.78 is 33.7. The standard InChI is InChI=1S/C17H31ClN3O8P/c18-15-19-16(21-17(20-15)29-10-9-26-7-8-27-14-24)28-6-3-13-30(25,11-1-4-22)12-2-5-23/h22-24H,1-14H2. The van der Waals surface area contributed by atoms with Gasteiger partial charge < -0.3 is 38.8 Å². The highest BCUT2D eigenvalue weighted by Gasteiger charge is 2.21. The lowest BCUT2D eigenvalue weighted by Gasteiger charge is -2.17. The van der Waals surface area contributed by atoms with Crippen molar-refractivity contribution < 1.29 is 38.8 Å². The van der Waals surface area contributed by atoms with Crippen LogP contribution in [-0.2, 0) is 14.0 Å². The zero-order valence-corrected chi connectivity index (χ0v) is 18.6. The summed E-state index contributed by atoms with van der Waals surface area (Å²) in [5.74, 6) is 0. The molecule has 0 aromatic carbocycles. The van der Waals surface area contributed by atoms with Gasteiger partial charge in [0.1, 0.15) is 13.4 Å². The minimum atomic E-state index is -2.46. The molecular weight excluding hydrogens is 441 g/mol. The van der Waals surface area contributed by atoms with Crippen LogP contribution in [0.3, 0.4) is 0 Å². The fraction of sp³-hybridized carbons (Fsp3) is 0.824. The maximum absolute atomic E-state index is 12.9. The van der Waals surface area contributed by atoms with Crippen LogP contribution in [0.1, 0.15) is 19.3 Å². The predicted octanol–water partition coefficient (Wildman–Crippen LogP) is 0.784. The van der Waals surface area contributed by atoms with Crippen molar-refractivity contribution in [3.05, 3.63) is 5.28 Å². The summed E-state index contributed by atoms with van der Waals surface area (Å²) in [5.41, 5.74) is 0. The number of hydrogen-bond acceptors (Lipinski definition) is 11. The number of nitrogens with zero attached hydrogens (tertiary/aromatic N) is 3. The van der Waals surface area contributed by atoms with Crippen LogP contribution in [0, 0.1) is 0 Å². The van der Waals surface area contributed by atoms with Crippen LogP contribution in [0.5, 0.6) is 12.0 Å². The van der Waals surface area contributed by atoms with E-state index in [9.17, 15) is 4.57 Å². The number of ether oxygens (including phenoxy) is 4. The van der Waals surface area contributed by atoms with Gasteiger partial charge in [0, 0.05) is 31.7 Å². The first-order valence-electron chi connectivity index (χ1n) is 9.75. The molecule has 1 aromatic heterocycles. The van der Waals surface area contributed by atoms with Crippen molar-refractivity contribution in [2.75, 3.05) is 71.5 Å². The molecule has 11 nitrogen and oxygen atoms in total. The van der Waals surface area contributed by atoms with E-state index in [1.165, 1.54) is 0 Å². The van der Waals surface area contributed by atoms with E-state index in [4.69, 9.17) is 45.9 Å². The third-order valence-corrected chi connectivity index (χ3v) is 7.44. The van der Waals surface area contributed by atoms with Crippen LogP contribution >= 0.6 is 18.7 Å². The number of hydrogen-bond donors (Lipinski definition) is 3. The predicted molar refractivity (Wildman–Crippen MR) is 110 cm³/mol. The molecule has 0 atom stereocenters. The van der Waals surface area contributed by atoms with Gasteiger partial charge >= 0.3 is 12.0 Å². The highest BCUT2D eigenvalue weighted by Crippen LogP contribution is 2.47. The molecule has 0 saturated heterocycles. The molecule has 0 aliphatic heterocycles. The van der Waals surface area contributed by atoms with E-state index < -0.39 is 7.14 Å². The maximum atomic E-state index is 12.9. The van der Waals surface area contributed by atoms with Crippen LogP contribution in [0.15, 0.2) is 0 Å². The summed E-state index contributed by atoms with van der Waals surface area (Å²) in [4.78, 5) is 11.7. The van der Waals surface area contributed by atoms with E-state index in [-0.39, 0.29) is 63.7 Å².